The van der Waals surface area contributed by atoms with Gasteiger partial charge in [-0.05, 0) is 25.5 Å². The highest BCUT2D eigenvalue weighted by Gasteiger charge is 2.19. The average Bonchev–Trinajstić information content (AvgIpc) is 2.87. The number of aromatic nitrogens is 5. The van der Waals surface area contributed by atoms with E-state index in [4.69, 9.17) is 30.7 Å². The van der Waals surface area contributed by atoms with Crippen LogP contribution in [-0.4, -0.2) is 37.2 Å². The van der Waals surface area contributed by atoms with Crippen LogP contribution < -0.4 is 15.9 Å². The molecule has 0 aromatic carbocycles. The van der Waals surface area contributed by atoms with Crippen molar-refractivity contribution in [3.05, 3.63) is 102 Å². The Labute approximate surface area is 221 Å². The molecule has 190 valence electrons. The van der Waals surface area contributed by atoms with Gasteiger partial charge in [0.1, 0.15) is 29.0 Å². The lowest BCUT2D eigenvalue weighted by molar-refractivity contribution is 0.0591. The van der Waals surface area contributed by atoms with Gasteiger partial charge in [-0.1, -0.05) is 23.2 Å². The number of nitrogens with zero attached hydrogens (tertiary/aromatic N) is 5. The molecule has 4 aromatic heterocycles. The highest BCUT2D eigenvalue weighted by Crippen LogP contribution is 2.26. The molecule has 4 rings (SSSR count). The van der Waals surface area contributed by atoms with Crippen molar-refractivity contribution in [1.82, 2.24) is 24.1 Å². The van der Waals surface area contributed by atoms with Crippen molar-refractivity contribution >= 4 is 29.2 Å². The number of rotatable bonds is 6. The Morgan fingerprint density at radius 1 is 1.11 bits per heavy atom. The second-order valence-electron chi connectivity index (χ2n) is 7.56. The lowest BCUT2D eigenvalue weighted by atomic mass is 10.2. The first-order chi connectivity index (χ1) is 18.4. The third kappa shape index (κ3) is 5.09. The van der Waals surface area contributed by atoms with Gasteiger partial charge in [-0.2, -0.15) is 0 Å². The number of hydrogen-bond acceptors (Lipinski definition) is 8. The van der Waals surface area contributed by atoms with Crippen LogP contribution in [0.4, 0.5) is 4.39 Å². The van der Waals surface area contributed by atoms with Crippen molar-refractivity contribution in [1.29, 1.82) is 0 Å². The average molecular weight is 548 g/mol. The van der Waals surface area contributed by atoms with Crippen LogP contribution in [0.5, 0.6) is 5.75 Å². The van der Waals surface area contributed by atoms with E-state index in [1.54, 1.807) is 13.8 Å². The summed E-state index contributed by atoms with van der Waals surface area (Å²) in [6, 6.07) is 3.64. The van der Waals surface area contributed by atoms with Crippen molar-refractivity contribution in [2.24, 2.45) is 0 Å². The standard InChI is InChI=1S/C24H18Cl2FN5O5/c1-12-9-30-19(31-5-4-28-21(23(31)34)24(35)36-3)8-17(12)32-13(2)6-18(20(26)22(32)33)37-11-16-15(25)7-14(27)10-29-16/h4-10H,11H2,1-3H3/i11D2. The number of carbonyl (C=O) groups is 1. The van der Waals surface area contributed by atoms with Gasteiger partial charge in [-0.3, -0.25) is 23.7 Å². The minimum absolute atomic E-state index is 0.0734. The first-order valence-electron chi connectivity index (χ1n) is 11.4. The van der Waals surface area contributed by atoms with Crippen LogP contribution in [0.1, 0.15) is 30.2 Å². The van der Waals surface area contributed by atoms with Crippen LogP contribution >= 0.6 is 23.2 Å². The summed E-state index contributed by atoms with van der Waals surface area (Å²) in [5.41, 5.74) is -1.30. The van der Waals surface area contributed by atoms with E-state index in [9.17, 15) is 18.8 Å². The molecule has 4 heterocycles. The molecule has 0 N–H and O–H groups in total. The minimum atomic E-state index is -2.67. The second kappa shape index (κ2) is 10.5. The molecule has 0 amide bonds. The Morgan fingerprint density at radius 3 is 2.57 bits per heavy atom. The second-order valence-corrected chi connectivity index (χ2v) is 8.35. The first-order valence-corrected chi connectivity index (χ1v) is 11.2. The molecule has 0 aliphatic heterocycles. The number of ether oxygens (including phenoxy) is 2. The lowest BCUT2D eigenvalue weighted by Gasteiger charge is -2.17. The molecule has 0 radical (unpaired) electrons. The predicted octanol–water partition coefficient (Wildman–Crippen LogP) is 3.60. The topological polar surface area (TPSA) is 118 Å². The number of hydrogen-bond donors (Lipinski definition) is 0. The SMILES string of the molecule is [2H]C([2H])(Oc1cc(C)n(-c2cc(-n3ccnc(C(=O)OC)c3=O)ncc2C)c(=O)c1Cl)c1ncc(F)cc1Cl. The zero-order valence-electron chi connectivity index (χ0n) is 21.5. The molecule has 0 aliphatic rings. The summed E-state index contributed by atoms with van der Waals surface area (Å²) in [7, 11) is 1.12. The fourth-order valence-electron chi connectivity index (χ4n) is 3.35. The number of methoxy groups -OCH3 is 1. The fourth-order valence-corrected chi connectivity index (χ4v) is 3.72. The highest BCUT2D eigenvalue weighted by atomic mass is 35.5. The van der Waals surface area contributed by atoms with Gasteiger partial charge in [0, 0.05) is 36.4 Å². The summed E-state index contributed by atoms with van der Waals surface area (Å²) in [6.07, 6.45) is 4.72. The zero-order valence-corrected chi connectivity index (χ0v) is 21.0. The summed E-state index contributed by atoms with van der Waals surface area (Å²) in [5, 5.41) is -0.780. The fraction of sp³-hybridized carbons (Fsp3) is 0.167. The van der Waals surface area contributed by atoms with Gasteiger partial charge in [0.2, 0.25) is 5.69 Å². The Morgan fingerprint density at radius 2 is 1.86 bits per heavy atom. The van der Waals surface area contributed by atoms with Crippen LogP contribution in [0, 0.1) is 19.7 Å². The zero-order chi connectivity index (χ0) is 28.6. The highest BCUT2D eigenvalue weighted by molar-refractivity contribution is 6.32. The van der Waals surface area contributed by atoms with E-state index in [1.807, 2.05) is 0 Å². The molecule has 0 saturated heterocycles. The van der Waals surface area contributed by atoms with Crippen LogP contribution in [0.15, 0.2) is 52.6 Å². The third-order valence-electron chi connectivity index (χ3n) is 5.13. The van der Waals surface area contributed by atoms with Crippen molar-refractivity contribution in [3.63, 3.8) is 0 Å². The molecule has 0 fully saturated rings. The van der Waals surface area contributed by atoms with E-state index < -0.39 is 45.9 Å². The number of pyridine rings is 3. The smallest absolute Gasteiger partial charge is 0.362 e. The molecule has 13 heteroatoms. The molecule has 10 nitrogen and oxygen atoms in total. The maximum Gasteiger partial charge on any atom is 0.362 e. The number of esters is 1. The Balaban J connectivity index is 1.80. The molecule has 0 saturated carbocycles. The number of carbonyl (C=O) groups excluding carboxylic acids is 1. The first kappa shape index (κ1) is 23.3. The van der Waals surface area contributed by atoms with Gasteiger partial charge in [-0.15, -0.1) is 0 Å². The van der Waals surface area contributed by atoms with Crippen LogP contribution in [-0.2, 0) is 11.3 Å². The normalized spacial score (nSPS) is 12.1. The van der Waals surface area contributed by atoms with Gasteiger partial charge in [0.15, 0.2) is 0 Å². The Bertz CT molecular complexity index is 1750. The van der Waals surface area contributed by atoms with E-state index in [1.165, 1.54) is 35.3 Å². The van der Waals surface area contributed by atoms with Crippen molar-refractivity contribution in [2.75, 3.05) is 7.11 Å². The number of halogens is 3. The van der Waals surface area contributed by atoms with Crippen molar-refractivity contribution in [2.45, 2.75) is 20.4 Å². The summed E-state index contributed by atoms with van der Waals surface area (Å²) < 4.78 is 42.1. The monoisotopic (exact) mass is 547 g/mol. The van der Waals surface area contributed by atoms with Gasteiger partial charge in [0.05, 0.1) is 32.5 Å². The van der Waals surface area contributed by atoms with E-state index >= 15 is 0 Å². The molecule has 37 heavy (non-hydrogen) atoms. The van der Waals surface area contributed by atoms with Crippen LogP contribution in [0.25, 0.3) is 11.5 Å². The lowest BCUT2D eigenvalue weighted by Crippen LogP contribution is -2.28. The van der Waals surface area contributed by atoms with Gasteiger partial charge < -0.3 is 9.47 Å². The maximum atomic E-state index is 13.4. The van der Waals surface area contributed by atoms with E-state index in [0.29, 0.717) is 11.3 Å². The maximum absolute atomic E-state index is 13.4. The Kier molecular flexibility index (Phi) is 6.61. The molecular weight excluding hydrogens is 528 g/mol. The summed E-state index contributed by atoms with van der Waals surface area (Å²) in [4.78, 5) is 49.7. The summed E-state index contributed by atoms with van der Waals surface area (Å²) in [5.74, 6) is -1.92. The predicted molar refractivity (Wildman–Crippen MR) is 133 cm³/mol. The molecular formula is C24H18Cl2FN5O5. The van der Waals surface area contributed by atoms with E-state index in [2.05, 4.69) is 19.7 Å². The van der Waals surface area contributed by atoms with Crippen LogP contribution in [0.2, 0.25) is 10.0 Å². The van der Waals surface area contributed by atoms with Crippen molar-refractivity contribution in [3.8, 4) is 17.3 Å². The Hall–Kier alpha value is -4.09. The quantitative estimate of drug-likeness (QED) is 0.336. The van der Waals surface area contributed by atoms with Crippen LogP contribution in [0.3, 0.4) is 0 Å². The van der Waals surface area contributed by atoms with Gasteiger partial charge in [-0.25, -0.2) is 19.2 Å². The molecule has 0 spiro atoms. The summed E-state index contributed by atoms with van der Waals surface area (Å²) >= 11 is 12.3. The largest absolute Gasteiger partial charge is 0.485 e. The molecule has 0 bridgehead atoms. The number of aryl methyl sites for hydroxylation is 2. The molecule has 4 aromatic rings. The summed E-state index contributed by atoms with van der Waals surface area (Å²) in [6.45, 7) is 0.558. The van der Waals surface area contributed by atoms with Crippen molar-refractivity contribution < 1.29 is 21.4 Å². The minimum Gasteiger partial charge on any atom is -0.485 e. The molecule has 0 unspecified atom stereocenters. The van der Waals surface area contributed by atoms with Gasteiger partial charge >= 0.3 is 5.97 Å². The van der Waals surface area contributed by atoms with E-state index in [0.717, 1.165) is 23.9 Å². The molecule has 0 atom stereocenters. The van der Waals surface area contributed by atoms with Gasteiger partial charge in [0.25, 0.3) is 11.1 Å². The third-order valence-corrected chi connectivity index (χ3v) is 5.77. The molecule has 0 aliphatic carbocycles. The van der Waals surface area contributed by atoms with E-state index in [-0.39, 0.29) is 22.3 Å².